The van der Waals surface area contributed by atoms with Gasteiger partial charge in [-0.15, -0.1) is 0 Å². The molecule has 6 N–H and O–H groups in total. The van der Waals surface area contributed by atoms with E-state index < -0.39 is 54.5 Å². The average molecular weight is 515 g/mol. The summed E-state index contributed by atoms with van der Waals surface area (Å²) in [6, 6.07) is 4.37. The van der Waals surface area contributed by atoms with Crippen LogP contribution in [0.15, 0.2) is 18.2 Å². The van der Waals surface area contributed by atoms with E-state index >= 15 is 0 Å². The predicted octanol–water partition coefficient (Wildman–Crippen LogP) is 0.854. The van der Waals surface area contributed by atoms with Gasteiger partial charge in [0.05, 0.1) is 13.7 Å². The maximum Gasteiger partial charge on any atom is 0.490 e. The average Bonchev–Trinajstić information content (AvgIpc) is 2.85. The number of rotatable bonds is 9. The van der Waals surface area contributed by atoms with E-state index in [-0.39, 0.29) is 5.75 Å². The monoisotopic (exact) mass is 514 g/mol. The van der Waals surface area contributed by atoms with Crippen LogP contribution in [0.5, 0.6) is 5.75 Å². The number of ether oxygens (including phenoxy) is 2. The second kappa shape index (κ2) is 9.62. The van der Waals surface area contributed by atoms with Crippen LogP contribution < -0.4 is 4.74 Å². The Balaban J connectivity index is 2.07. The smallest absolute Gasteiger partial charge is 0.490 e. The third kappa shape index (κ3) is 7.06. The quantitative estimate of drug-likeness (QED) is 0.252. The van der Waals surface area contributed by atoms with Crippen LogP contribution in [0.1, 0.15) is 11.7 Å². The fourth-order valence-electron chi connectivity index (χ4n) is 2.53. The molecule has 2 rings (SSSR count). The van der Waals surface area contributed by atoms with Gasteiger partial charge < -0.3 is 39.3 Å². The molecule has 6 atom stereocenters. The van der Waals surface area contributed by atoms with E-state index in [0.717, 1.165) is 0 Å². The van der Waals surface area contributed by atoms with Crippen LogP contribution in [-0.4, -0.2) is 61.8 Å². The van der Waals surface area contributed by atoms with Crippen LogP contribution in [0.2, 0.25) is 5.02 Å². The largest absolute Gasteiger partial charge is 0.496 e. The van der Waals surface area contributed by atoms with Gasteiger partial charge >= 0.3 is 23.5 Å². The van der Waals surface area contributed by atoms with E-state index in [9.17, 15) is 28.8 Å². The zero-order valence-corrected chi connectivity index (χ0v) is 18.4. The molecule has 0 bridgehead atoms. The Labute approximate surface area is 174 Å². The molecule has 172 valence electrons. The Kier molecular flexibility index (Phi) is 8.29. The summed E-state index contributed by atoms with van der Waals surface area (Å²) in [5, 5.41) is 20.7. The van der Waals surface area contributed by atoms with Crippen LogP contribution in [-0.2, 0) is 31.6 Å². The molecule has 0 aromatic heterocycles. The third-order valence-electron chi connectivity index (χ3n) is 3.68. The lowest BCUT2D eigenvalue weighted by molar-refractivity contribution is -0.0228. The Morgan fingerprint density at radius 2 is 1.67 bits per heavy atom. The van der Waals surface area contributed by atoms with Crippen LogP contribution in [0, 0.1) is 0 Å². The highest BCUT2D eigenvalue weighted by Gasteiger charge is 2.46. The standard InChI is InChI=1S/C12H18ClO14P3/c1-23-8-4-6(13)2-3-7(8)12-11(15)10(14)9(25-12)5-24-29(19,20)27-30(21,22)26-28(16,17)18/h2-4,9-12,14-15H,5H2,1H3,(H,19,20)(H,21,22)(H2,16,17,18)/t9-,10+,11?,12+/m1/s1. The molecule has 18 heteroatoms. The number of phosphoric acid groups is 3. The minimum Gasteiger partial charge on any atom is -0.496 e. The van der Waals surface area contributed by atoms with Crippen molar-refractivity contribution >= 4 is 35.1 Å². The van der Waals surface area contributed by atoms with Gasteiger partial charge in [0.2, 0.25) is 0 Å². The molecule has 14 nitrogen and oxygen atoms in total. The highest BCUT2D eigenvalue weighted by atomic mass is 35.5. The Hall–Kier alpha value is -0.400. The molecule has 0 amide bonds. The first-order valence-corrected chi connectivity index (χ1v) is 12.7. The number of aliphatic hydroxyl groups excluding tert-OH is 2. The lowest BCUT2D eigenvalue weighted by atomic mass is 10.0. The van der Waals surface area contributed by atoms with Gasteiger partial charge in [-0.05, 0) is 12.1 Å². The Morgan fingerprint density at radius 3 is 2.23 bits per heavy atom. The SMILES string of the molecule is COc1cc(Cl)ccc1[C@@H]1O[C@H](COP(=O)(O)OP(=O)(O)OP(=O)(O)O)[C@H](O)C1O. The summed E-state index contributed by atoms with van der Waals surface area (Å²) >= 11 is 5.86. The molecule has 0 aliphatic carbocycles. The van der Waals surface area contributed by atoms with Crippen molar-refractivity contribution in [3.8, 4) is 5.75 Å². The topological polar surface area (TPSA) is 219 Å². The molecule has 1 aromatic rings. The van der Waals surface area contributed by atoms with Gasteiger partial charge in [0, 0.05) is 10.6 Å². The van der Waals surface area contributed by atoms with Gasteiger partial charge in [0.1, 0.15) is 30.2 Å². The maximum atomic E-state index is 11.8. The van der Waals surface area contributed by atoms with Crippen molar-refractivity contribution < 1.29 is 66.1 Å². The number of aliphatic hydroxyl groups is 2. The molecule has 0 saturated carbocycles. The predicted molar refractivity (Wildman–Crippen MR) is 97.4 cm³/mol. The van der Waals surface area contributed by atoms with Gasteiger partial charge in [-0.2, -0.15) is 8.62 Å². The molecule has 1 aromatic carbocycles. The molecule has 0 spiro atoms. The van der Waals surface area contributed by atoms with Crippen molar-refractivity contribution in [3.05, 3.63) is 28.8 Å². The van der Waals surface area contributed by atoms with Gasteiger partial charge in [0.15, 0.2) is 0 Å². The van der Waals surface area contributed by atoms with Crippen molar-refractivity contribution in [2.45, 2.75) is 24.4 Å². The molecule has 30 heavy (non-hydrogen) atoms. The second-order valence-corrected chi connectivity index (χ2v) is 10.7. The van der Waals surface area contributed by atoms with Crippen molar-refractivity contribution in [2.24, 2.45) is 0 Å². The number of benzene rings is 1. The maximum absolute atomic E-state index is 11.8. The molecular formula is C12H18ClO14P3. The van der Waals surface area contributed by atoms with E-state index in [1.54, 1.807) is 0 Å². The van der Waals surface area contributed by atoms with Crippen molar-refractivity contribution in [2.75, 3.05) is 13.7 Å². The molecule has 1 heterocycles. The minimum atomic E-state index is -5.68. The highest BCUT2D eigenvalue weighted by Crippen LogP contribution is 2.66. The molecule has 0 radical (unpaired) electrons. The van der Waals surface area contributed by atoms with Gasteiger partial charge in [-0.1, -0.05) is 17.7 Å². The van der Waals surface area contributed by atoms with Crippen molar-refractivity contribution in [1.82, 2.24) is 0 Å². The van der Waals surface area contributed by atoms with E-state index in [4.69, 9.17) is 35.8 Å². The molecular weight excluding hydrogens is 496 g/mol. The first kappa shape index (κ1) is 25.9. The summed E-state index contributed by atoms with van der Waals surface area (Å²) in [6.45, 7) is -0.922. The fraction of sp³-hybridized carbons (Fsp3) is 0.500. The Morgan fingerprint density at radius 1 is 1.03 bits per heavy atom. The van der Waals surface area contributed by atoms with E-state index in [2.05, 4.69) is 13.1 Å². The zero-order chi connectivity index (χ0) is 22.9. The normalized spacial score (nSPS) is 28.7. The number of hydrogen-bond acceptors (Lipinski definition) is 10. The number of phosphoric ester groups is 1. The van der Waals surface area contributed by atoms with Crippen molar-refractivity contribution in [1.29, 1.82) is 0 Å². The fourth-order valence-corrected chi connectivity index (χ4v) is 5.73. The van der Waals surface area contributed by atoms with Crippen LogP contribution in [0.3, 0.4) is 0 Å². The van der Waals surface area contributed by atoms with E-state index in [1.807, 2.05) is 0 Å². The molecule has 1 saturated heterocycles. The van der Waals surface area contributed by atoms with Crippen LogP contribution >= 0.6 is 35.1 Å². The van der Waals surface area contributed by atoms with Gasteiger partial charge in [-0.3, -0.25) is 4.52 Å². The number of halogens is 1. The lowest BCUT2D eigenvalue weighted by Crippen LogP contribution is -2.33. The molecule has 1 aliphatic heterocycles. The van der Waals surface area contributed by atoms with Crippen molar-refractivity contribution in [3.63, 3.8) is 0 Å². The van der Waals surface area contributed by atoms with E-state index in [1.165, 1.54) is 25.3 Å². The minimum absolute atomic E-state index is 0.229. The molecule has 1 aliphatic rings. The summed E-state index contributed by atoms with van der Waals surface area (Å²) in [7, 11) is -15.3. The highest BCUT2D eigenvalue weighted by molar-refractivity contribution is 7.66. The summed E-state index contributed by atoms with van der Waals surface area (Å²) in [5.41, 5.74) is 0.300. The van der Waals surface area contributed by atoms with Gasteiger partial charge in [-0.25, -0.2) is 13.7 Å². The summed E-state index contributed by atoms with van der Waals surface area (Å²) in [5.74, 6) is 0.229. The van der Waals surface area contributed by atoms with Crippen LogP contribution in [0.4, 0.5) is 0 Å². The molecule has 3 unspecified atom stereocenters. The summed E-state index contributed by atoms with van der Waals surface area (Å²) in [6.07, 6.45) is -5.70. The third-order valence-corrected chi connectivity index (χ3v) is 7.72. The first-order valence-electron chi connectivity index (χ1n) is 7.77. The lowest BCUT2D eigenvalue weighted by Gasteiger charge is -2.19. The number of methoxy groups -OCH3 is 1. The molecule has 1 fully saturated rings. The number of hydrogen-bond donors (Lipinski definition) is 6. The first-order chi connectivity index (χ1) is 13.6. The summed E-state index contributed by atoms with van der Waals surface area (Å²) in [4.78, 5) is 35.5. The van der Waals surface area contributed by atoms with E-state index in [0.29, 0.717) is 10.6 Å². The summed E-state index contributed by atoms with van der Waals surface area (Å²) < 4.78 is 55.8. The Bertz CT molecular complexity index is 904. The van der Waals surface area contributed by atoms with Gasteiger partial charge in [0.25, 0.3) is 0 Å². The zero-order valence-electron chi connectivity index (χ0n) is 14.9. The van der Waals surface area contributed by atoms with Crippen LogP contribution in [0.25, 0.3) is 0 Å². The second-order valence-electron chi connectivity index (χ2n) is 5.85.